The number of rotatable bonds is 4. The van der Waals surface area contributed by atoms with Crippen LogP contribution in [0.25, 0.3) is 0 Å². The molecule has 4 fully saturated rings. The van der Waals surface area contributed by atoms with E-state index in [1.165, 1.54) is 0 Å². The maximum atomic E-state index is 12.6. The second kappa shape index (κ2) is 7.20. The van der Waals surface area contributed by atoms with Crippen LogP contribution in [0.15, 0.2) is 0 Å². The third-order valence-corrected chi connectivity index (χ3v) is 10.0. The monoisotopic (exact) mass is 408 g/mol. The highest BCUT2D eigenvalue weighted by Gasteiger charge is 2.72. The fourth-order valence-electron chi connectivity index (χ4n) is 9.18. The van der Waals surface area contributed by atoms with E-state index in [1.54, 1.807) is 0 Å². The molecule has 166 valence electrons. The molecule has 0 bridgehead atoms. The van der Waals surface area contributed by atoms with Gasteiger partial charge in [0.05, 0.1) is 5.41 Å². The molecule has 0 aliphatic heterocycles. The molecular weight excluding hydrogens is 368 g/mol. The van der Waals surface area contributed by atoms with Gasteiger partial charge in [0.2, 0.25) is 0 Å². The van der Waals surface area contributed by atoms with Gasteiger partial charge in [-0.1, -0.05) is 46.5 Å². The standard InChI is InChI=1S/C24H40O5/c1-4-7-14(2)19-22(3)13-11-17-16(18(22)20(25)24(19,28)29)10-9-15-8-5-6-12-23(15,17)21(26)27/h14-20,25,28-29H,4-13H2,1-3H3,(H,26,27)/t14-,15+,16-,17+,18-,19-,20?,22+,23-/m1/s1. The van der Waals surface area contributed by atoms with Crippen LogP contribution in [-0.4, -0.2) is 38.3 Å². The summed E-state index contributed by atoms with van der Waals surface area (Å²) < 4.78 is 0. The van der Waals surface area contributed by atoms with E-state index in [2.05, 4.69) is 20.8 Å². The Morgan fingerprint density at radius 2 is 1.83 bits per heavy atom. The van der Waals surface area contributed by atoms with E-state index in [0.717, 1.165) is 64.2 Å². The highest BCUT2D eigenvalue weighted by molar-refractivity contribution is 5.76. The summed E-state index contributed by atoms with van der Waals surface area (Å²) in [5.74, 6) is -2.91. The number of hydrogen-bond acceptors (Lipinski definition) is 4. The summed E-state index contributed by atoms with van der Waals surface area (Å²) in [7, 11) is 0. The molecule has 4 aliphatic carbocycles. The van der Waals surface area contributed by atoms with Crippen LogP contribution >= 0.6 is 0 Å². The van der Waals surface area contributed by atoms with Gasteiger partial charge in [0, 0.05) is 5.92 Å². The van der Waals surface area contributed by atoms with Crippen molar-refractivity contribution in [3.05, 3.63) is 0 Å². The Morgan fingerprint density at radius 1 is 1.10 bits per heavy atom. The van der Waals surface area contributed by atoms with Crippen molar-refractivity contribution >= 4 is 5.97 Å². The summed E-state index contributed by atoms with van der Waals surface area (Å²) >= 11 is 0. The van der Waals surface area contributed by atoms with Crippen LogP contribution in [0.1, 0.15) is 85.0 Å². The van der Waals surface area contributed by atoms with Crippen LogP contribution in [0, 0.1) is 46.3 Å². The second-order valence-corrected chi connectivity index (χ2v) is 11.2. The highest BCUT2D eigenvalue weighted by Crippen LogP contribution is 2.70. The number of carboxylic acids is 1. The molecular formula is C24H40O5. The van der Waals surface area contributed by atoms with Crippen molar-refractivity contribution in [2.75, 3.05) is 0 Å². The van der Waals surface area contributed by atoms with E-state index in [9.17, 15) is 25.2 Å². The van der Waals surface area contributed by atoms with Gasteiger partial charge in [-0.15, -0.1) is 0 Å². The minimum atomic E-state index is -2.09. The average molecular weight is 409 g/mol. The molecule has 5 heteroatoms. The van der Waals surface area contributed by atoms with Crippen molar-refractivity contribution < 1.29 is 25.2 Å². The summed E-state index contributed by atoms with van der Waals surface area (Å²) in [4.78, 5) is 12.6. The lowest BCUT2D eigenvalue weighted by Crippen LogP contribution is -2.58. The first-order chi connectivity index (χ1) is 13.6. The van der Waals surface area contributed by atoms with Crippen molar-refractivity contribution in [3.63, 3.8) is 0 Å². The third kappa shape index (κ3) is 2.79. The average Bonchev–Trinajstić information content (AvgIpc) is 2.83. The number of hydrogen-bond donors (Lipinski definition) is 4. The van der Waals surface area contributed by atoms with Gasteiger partial charge in [-0.25, -0.2) is 0 Å². The first-order valence-electron chi connectivity index (χ1n) is 12.0. The fourth-order valence-corrected chi connectivity index (χ4v) is 9.18. The number of aliphatic carboxylic acids is 1. The Labute approximate surface area is 174 Å². The molecule has 4 aliphatic rings. The molecule has 0 aromatic heterocycles. The van der Waals surface area contributed by atoms with Gasteiger partial charge in [-0.3, -0.25) is 4.79 Å². The van der Waals surface area contributed by atoms with E-state index in [4.69, 9.17) is 0 Å². The summed E-state index contributed by atoms with van der Waals surface area (Å²) in [5.41, 5.74) is -1.04. The molecule has 1 unspecified atom stereocenters. The molecule has 0 radical (unpaired) electrons. The van der Waals surface area contributed by atoms with Gasteiger partial charge in [0.25, 0.3) is 0 Å². The van der Waals surface area contributed by atoms with E-state index in [1.807, 2.05) is 0 Å². The SMILES string of the molecule is CCC[C@@H](C)[C@H]1C(O)(O)C(O)[C@H]2[C@@H]3CC[C@@H]4CCCC[C@]4(C(=O)O)[C@H]3CC[C@@]21C. The van der Waals surface area contributed by atoms with Crippen molar-refractivity contribution in [2.45, 2.75) is 96.9 Å². The largest absolute Gasteiger partial charge is 0.481 e. The predicted molar refractivity (Wildman–Crippen MR) is 110 cm³/mol. The van der Waals surface area contributed by atoms with Crippen molar-refractivity contribution in [3.8, 4) is 0 Å². The fraction of sp³-hybridized carbons (Fsp3) is 0.958. The van der Waals surface area contributed by atoms with Gasteiger partial charge in [0.1, 0.15) is 6.10 Å². The number of carboxylic acid groups (broad SMARTS) is 1. The molecule has 0 amide bonds. The number of fused-ring (bicyclic) bond motifs is 5. The molecule has 0 saturated heterocycles. The third-order valence-electron chi connectivity index (χ3n) is 10.0. The Morgan fingerprint density at radius 3 is 2.48 bits per heavy atom. The Hall–Kier alpha value is -0.650. The lowest BCUT2D eigenvalue weighted by atomic mass is 9.44. The summed E-state index contributed by atoms with van der Waals surface area (Å²) in [5, 5.41) is 43.8. The van der Waals surface area contributed by atoms with Gasteiger partial charge < -0.3 is 20.4 Å². The van der Waals surface area contributed by atoms with E-state index in [0.29, 0.717) is 0 Å². The summed E-state index contributed by atoms with van der Waals surface area (Å²) in [6.07, 6.45) is 7.92. The predicted octanol–water partition coefficient (Wildman–Crippen LogP) is 3.80. The van der Waals surface area contributed by atoms with E-state index < -0.39 is 23.3 Å². The molecule has 4 saturated carbocycles. The van der Waals surface area contributed by atoms with E-state index >= 15 is 0 Å². The zero-order valence-electron chi connectivity index (χ0n) is 18.3. The van der Waals surface area contributed by atoms with Crippen LogP contribution < -0.4 is 0 Å². The van der Waals surface area contributed by atoms with Crippen LogP contribution in [0.4, 0.5) is 0 Å². The molecule has 4 N–H and O–H groups in total. The Kier molecular flexibility index (Phi) is 5.36. The zero-order valence-corrected chi connectivity index (χ0v) is 18.3. The second-order valence-electron chi connectivity index (χ2n) is 11.2. The summed E-state index contributed by atoms with van der Waals surface area (Å²) in [6.45, 7) is 6.33. The zero-order chi connectivity index (χ0) is 21.2. The number of aliphatic hydroxyl groups is 3. The molecule has 0 aromatic carbocycles. The minimum Gasteiger partial charge on any atom is -0.481 e. The van der Waals surface area contributed by atoms with Crippen LogP contribution in [0.5, 0.6) is 0 Å². The van der Waals surface area contributed by atoms with Crippen molar-refractivity contribution in [1.29, 1.82) is 0 Å². The van der Waals surface area contributed by atoms with Crippen molar-refractivity contribution in [1.82, 2.24) is 0 Å². The molecule has 4 rings (SSSR count). The Bertz CT molecular complexity index is 647. The van der Waals surface area contributed by atoms with Crippen LogP contribution in [0.3, 0.4) is 0 Å². The lowest BCUT2D eigenvalue weighted by molar-refractivity contribution is -0.252. The molecule has 0 aromatic rings. The molecule has 0 spiro atoms. The van der Waals surface area contributed by atoms with Gasteiger partial charge in [-0.05, 0) is 73.5 Å². The first kappa shape index (κ1) is 21.6. The lowest BCUT2D eigenvalue weighted by Gasteiger charge is -2.59. The van der Waals surface area contributed by atoms with Crippen molar-refractivity contribution in [2.24, 2.45) is 46.3 Å². The van der Waals surface area contributed by atoms with Gasteiger partial charge in [-0.2, -0.15) is 0 Å². The number of aliphatic hydroxyl groups excluding tert-OH is 1. The highest BCUT2D eigenvalue weighted by atomic mass is 16.5. The Balaban J connectivity index is 1.74. The maximum Gasteiger partial charge on any atom is 0.310 e. The molecule has 9 atom stereocenters. The van der Waals surface area contributed by atoms with Gasteiger partial charge in [0.15, 0.2) is 5.79 Å². The first-order valence-corrected chi connectivity index (χ1v) is 12.0. The van der Waals surface area contributed by atoms with E-state index in [-0.39, 0.29) is 40.9 Å². The quantitative estimate of drug-likeness (QED) is 0.531. The normalized spacial score (nSPS) is 49.6. The van der Waals surface area contributed by atoms with Gasteiger partial charge >= 0.3 is 5.97 Å². The maximum absolute atomic E-state index is 12.6. The van der Waals surface area contributed by atoms with Crippen LogP contribution in [-0.2, 0) is 4.79 Å². The number of carbonyl (C=O) groups is 1. The summed E-state index contributed by atoms with van der Waals surface area (Å²) in [6, 6.07) is 0. The topological polar surface area (TPSA) is 98.0 Å². The minimum absolute atomic E-state index is 0.0443. The molecule has 0 heterocycles. The smallest absolute Gasteiger partial charge is 0.310 e. The molecule has 5 nitrogen and oxygen atoms in total. The molecule has 29 heavy (non-hydrogen) atoms. The van der Waals surface area contributed by atoms with Crippen LogP contribution in [0.2, 0.25) is 0 Å².